The first-order chi connectivity index (χ1) is 11.7. The van der Waals surface area contributed by atoms with E-state index >= 15 is 0 Å². The van der Waals surface area contributed by atoms with E-state index in [0.717, 1.165) is 28.0 Å². The molecule has 0 aliphatic rings. The third kappa shape index (κ3) is 4.31. The molecule has 0 fully saturated rings. The van der Waals surface area contributed by atoms with Gasteiger partial charge in [0, 0.05) is 0 Å². The average molecular weight is 343 g/mol. The van der Waals surface area contributed by atoms with Crippen LogP contribution in [0, 0.1) is 13.8 Å². The van der Waals surface area contributed by atoms with Gasteiger partial charge in [0.25, 0.3) is 0 Å². The minimum atomic E-state index is -1.01. The lowest BCUT2D eigenvalue weighted by Crippen LogP contribution is -2.32. The molecule has 0 saturated heterocycles. The van der Waals surface area contributed by atoms with Gasteiger partial charge in [-0.05, 0) is 72.7 Å². The zero-order valence-electron chi connectivity index (χ0n) is 15.0. The van der Waals surface area contributed by atoms with E-state index in [2.05, 4.69) is 13.8 Å². The van der Waals surface area contributed by atoms with Crippen LogP contribution in [0.3, 0.4) is 0 Å². The molecule has 0 saturated carbocycles. The van der Waals surface area contributed by atoms with Crippen LogP contribution in [0.25, 0.3) is 0 Å². The van der Waals surface area contributed by atoms with Crippen LogP contribution in [-0.2, 0) is 11.2 Å². The Morgan fingerprint density at radius 3 is 2.28 bits per heavy atom. The highest BCUT2D eigenvalue weighted by Crippen LogP contribution is 2.37. The van der Waals surface area contributed by atoms with E-state index in [4.69, 9.17) is 15.6 Å². The molecule has 0 amide bonds. The molecule has 134 valence electrons. The summed E-state index contributed by atoms with van der Waals surface area (Å²) in [7, 11) is 0. The number of rotatable bonds is 6. The van der Waals surface area contributed by atoms with E-state index in [1.165, 1.54) is 0 Å². The lowest BCUT2D eigenvalue weighted by molar-refractivity contribution is -0.138. The molecule has 1 unspecified atom stereocenters. The second-order valence-electron chi connectivity index (χ2n) is 6.60. The average Bonchev–Trinajstić information content (AvgIpc) is 2.55. The predicted octanol–water partition coefficient (Wildman–Crippen LogP) is 3.88. The maximum atomic E-state index is 11.1. The van der Waals surface area contributed by atoms with Gasteiger partial charge in [0.15, 0.2) is 0 Å². The maximum absolute atomic E-state index is 11.1. The molecule has 0 aromatic heterocycles. The Morgan fingerprint density at radius 2 is 1.76 bits per heavy atom. The van der Waals surface area contributed by atoms with Crippen LogP contribution in [0.4, 0.5) is 0 Å². The zero-order chi connectivity index (χ0) is 18.7. The molecule has 2 aromatic rings. The van der Waals surface area contributed by atoms with E-state index in [9.17, 15) is 9.90 Å². The number of aromatic hydroxyl groups is 1. The van der Waals surface area contributed by atoms with Crippen molar-refractivity contribution in [3.63, 3.8) is 0 Å². The van der Waals surface area contributed by atoms with Crippen molar-refractivity contribution in [1.29, 1.82) is 0 Å². The third-order valence-corrected chi connectivity index (χ3v) is 4.41. The highest BCUT2D eigenvalue weighted by Gasteiger charge is 2.20. The summed E-state index contributed by atoms with van der Waals surface area (Å²) in [4.78, 5) is 11.1. The van der Waals surface area contributed by atoms with Gasteiger partial charge in [0.2, 0.25) is 0 Å². The van der Waals surface area contributed by atoms with Crippen LogP contribution in [0.1, 0.15) is 42.0 Å². The van der Waals surface area contributed by atoms with Crippen LogP contribution >= 0.6 is 0 Å². The van der Waals surface area contributed by atoms with Crippen molar-refractivity contribution in [3.8, 4) is 17.2 Å². The summed E-state index contributed by atoms with van der Waals surface area (Å²) in [5, 5.41) is 18.5. The first-order valence-electron chi connectivity index (χ1n) is 8.29. The van der Waals surface area contributed by atoms with Crippen molar-refractivity contribution in [3.05, 3.63) is 52.6 Å². The van der Waals surface area contributed by atoms with Gasteiger partial charge >= 0.3 is 5.97 Å². The predicted molar refractivity (Wildman–Crippen MR) is 97.5 cm³/mol. The molecule has 4 N–H and O–H groups in total. The van der Waals surface area contributed by atoms with Crippen molar-refractivity contribution in [2.45, 2.75) is 46.1 Å². The Balaban J connectivity index is 2.47. The molecule has 0 heterocycles. The summed E-state index contributed by atoms with van der Waals surface area (Å²) in [6.07, 6.45) is 0.279. The van der Waals surface area contributed by atoms with Gasteiger partial charge in [-0.1, -0.05) is 19.9 Å². The smallest absolute Gasteiger partial charge is 0.320 e. The van der Waals surface area contributed by atoms with Gasteiger partial charge in [0.05, 0.1) is 0 Å². The number of aliphatic carboxylic acids is 1. The van der Waals surface area contributed by atoms with Gasteiger partial charge in [-0.2, -0.15) is 0 Å². The normalized spacial score (nSPS) is 12.2. The van der Waals surface area contributed by atoms with Crippen LogP contribution in [-0.4, -0.2) is 22.2 Å². The van der Waals surface area contributed by atoms with Crippen LogP contribution < -0.4 is 10.5 Å². The maximum Gasteiger partial charge on any atom is 0.320 e. The lowest BCUT2D eigenvalue weighted by Gasteiger charge is -2.21. The molecular formula is C20H25NO4. The number of carbonyl (C=O) groups is 1. The summed E-state index contributed by atoms with van der Waals surface area (Å²) < 4.78 is 6.09. The fraction of sp³-hybridized carbons (Fsp3) is 0.350. The molecule has 2 aromatic carbocycles. The summed E-state index contributed by atoms with van der Waals surface area (Å²) in [6.45, 7) is 8.04. The van der Waals surface area contributed by atoms with Crippen LogP contribution in [0.5, 0.6) is 17.2 Å². The second kappa shape index (κ2) is 7.57. The quantitative estimate of drug-likeness (QED) is 0.740. The highest BCUT2D eigenvalue weighted by molar-refractivity contribution is 5.73. The number of benzene rings is 2. The van der Waals surface area contributed by atoms with Crippen LogP contribution in [0.15, 0.2) is 30.3 Å². The number of ether oxygens (including phenoxy) is 1. The molecule has 0 bridgehead atoms. The summed E-state index contributed by atoms with van der Waals surface area (Å²) in [5.74, 6) is 0.782. The topological polar surface area (TPSA) is 92.8 Å². The molecule has 25 heavy (non-hydrogen) atoms. The molecule has 2 rings (SSSR count). The van der Waals surface area contributed by atoms with Crippen molar-refractivity contribution in [2.24, 2.45) is 5.73 Å². The largest absolute Gasteiger partial charge is 0.508 e. The Morgan fingerprint density at radius 1 is 1.16 bits per heavy atom. The van der Waals surface area contributed by atoms with Crippen molar-refractivity contribution >= 4 is 5.97 Å². The minimum absolute atomic E-state index is 0.183. The SMILES string of the molecule is Cc1c(CC(N)C(=O)O)cc(C(C)C)c(Oc2ccc(O)cc2)c1C. The van der Waals surface area contributed by atoms with Gasteiger partial charge in [-0.15, -0.1) is 0 Å². The number of phenols is 1. The standard InChI is InChI=1S/C20H25NO4/c1-11(2)17-9-14(10-18(21)20(23)24)12(3)13(4)19(17)25-16-7-5-15(22)6-8-16/h5-9,11,18,22H,10,21H2,1-4H3,(H,23,24). The fourth-order valence-electron chi connectivity index (χ4n) is 2.72. The Bertz CT molecular complexity index is 766. The number of hydrogen-bond donors (Lipinski definition) is 3. The molecule has 1 atom stereocenters. The Kier molecular flexibility index (Phi) is 5.69. The van der Waals surface area contributed by atoms with Crippen LogP contribution in [0.2, 0.25) is 0 Å². The number of hydrogen-bond acceptors (Lipinski definition) is 4. The number of carboxylic acids is 1. The Hall–Kier alpha value is -2.53. The first-order valence-corrected chi connectivity index (χ1v) is 8.29. The molecule has 5 heteroatoms. The third-order valence-electron chi connectivity index (χ3n) is 4.41. The van der Waals surface area contributed by atoms with Crippen molar-refractivity contribution in [1.82, 2.24) is 0 Å². The van der Waals surface area contributed by atoms with Gasteiger partial charge in [-0.3, -0.25) is 4.79 Å². The molecule has 0 aliphatic heterocycles. The number of phenolic OH excluding ortho intramolecular Hbond substituents is 1. The fourth-order valence-corrected chi connectivity index (χ4v) is 2.72. The number of nitrogens with two attached hydrogens (primary N) is 1. The first kappa shape index (κ1) is 18.8. The molecule has 0 aliphatic carbocycles. The summed E-state index contributed by atoms with van der Waals surface area (Å²) >= 11 is 0. The molecular weight excluding hydrogens is 318 g/mol. The molecule has 0 spiro atoms. The van der Waals surface area contributed by atoms with Crippen molar-refractivity contribution < 1.29 is 19.7 Å². The van der Waals surface area contributed by atoms with E-state index in [0.29, 0.717) is 5.75 Å². The molecule has 5 nitrogen and oxygen atoms in total. The lowest BCUT2D eigenvalue weighted by atomic mass is 9.90. The minimum Gasteiger partial charge on any atom is -0.508 e. The van der Waals surface area contributed by atoms with Crippen molar-refractivity contribution in [2.75, 3.05) is 0 Å². The highest BCUT2D eigenvalue weighted by atomic mass is 16.5. The van der Waals surface area contributed by atoms with Gasteiger partial charge < -0.3 is 20.7 Å². The van der Waals surface area contributed by atoms with E-state index in [1.54, 1.807) is 24.3 Å². The number of carboxylic acid groups (broad SMARTS) is 1. The van der Waals surface area contributed by atoms with E-state index < -0.39 is 12.0 Å². The Labute approximate surface area is 148 Å². The van der Waals surface area contributed by atoms with Gasteiger partial charge in [0.1, 0.15) is 23.3 Å². The van der Waals surface area contributed by atoms with E-state index in [1.807, 2.05) is 19.9 Å². The summed E-state index contributed by atoms with van der Waals surface area (Å²) in [6, 6.07) is 7.64. The second-order valence-corrected chi connectivity index (χ2v) is 6.60. The van der Waals surface area contributed by atoms with Gasteiger partial charge in [-0.25, -0.2) is 0 Å². The molecule has 0 radical (unpaired) electrons. The van der Waals surface area contributed by atoms with E-state index in [-0.39, 0.29) is 18.1 Å². The summed E-state index contributed by atoms with van der Waals surface area (Å²) in [5.41, 5.74) is 9.59. The monoisotopic (exact) mass is 343 g/mol. The zero-order valence-corrected chi connectivity index (χ0v) is 15.0.